The van der Waals surface area contributed by atoms with Gasteiger partial charge in [-0.2, -0.15) is 4.98 Å². The quantitative estimate of drug-likeness (QED) is 0.593. The van der Waals surface area contributed by atoms with E-state index in [-0.39, 0.29) is 11.6 Å². The van der Waals surface area contributed by atoms with Gasteiger partial charge in [-0.3, -0.25) is 4.79 Å². The summed E-state index contributed by atoms with van der Waals surface area (Å²) in [5.74, 6) is -0.335. The molecule has 0 saturated carbocycles. The Bertz CT molecular complexity index is 274. The summed E-state index contributed by atoms with van der Waals surface area (Å²) in [4.78, 5) is 17.0. The number of methoxy groups -OCH3 is 1. The van der Waals surface area contributed by atoms with Crippen LogP contribution in [-0.2, 0) is 0 Å². The van der Waals surface area contributed by atoms with E-state index in [1.54, 1.807) is 6.20 Å². The van der Waals surface area contributed by atoms with Crippen LogP contribution in [0.2, 0.25) is 0 Å². The van der Waals surface area contributed by atoms with Crippen LogP contribution < -0.4 is 15.5 Å². The van der Waals surface area contributed by atoms with Crippen LogP contribution >= 0.6 is 0 Å². The lowest BCUT2D eigenvalue weighted by molar-refractivity contribution is -0.394. The number of aromatic nitrogens is 2. The van der Waals surface area contributed by atoms with Gasteiger partial charge in [0.05, 0.1) is 13.3 Å². The summed E-state index contributed by atoms with van der Waals surface area (Å²) < 4.78 is 4.79. The summed E-state index contributed by atoms with van der Waals surface area (Å²) in [7, 11) is 1.43. The molecule has 1 amide bonds. The summed E-state index contributed by atoms with van der Waals surface area (Å²) in [6.45, 7) is 0. The molecule has 3 N–H and O–H groups in total. The van der Waals surface area contributed by atoms with Gasteiger partial charge < -0.3 is 10.5 Å². The van der Waals surface area contributed by atoms with Gasteiger partial charge >= 0.3 is 5.88 Å². The van der Waals surface area contributed by atoms with E-state index in [4.69, 9.17) is 10.5 Å². The average molecular weight is 154 g/mol. The van der Waals surface area contributed by atoms with Crippen LogP contribution in [0.3, 0.4) is 0 Å². The third kappa shape index (κ3) is 1.43. The second kappa shape index (κ2) is 2.96. The van der Waals surface area contributed by atoms with E-state index in [1.807, 2.05) is 0 Å². The number of nitrogens with zero attached hydrogens (tertiary/aromatic N) is 1. The fourth-order valence-electron chi connectivity index (χ4n) is 0.683. The number of H-pyrrole nitrogens is 1. The molecule has 0 bridgehead atoms. The molecular weight excluding hydrogens is 146 g/mol. The minimum absolute atomic E-state index is 0.106. The molecule has 0 atom stereocenters. The van der Waals surface area contributed by atoms with Gasteiger partial charge in [0.1, 0.15) is 0 Å². The molecule has 0 unspecified atom stereocenters. The highest BCUT2D eigenvalue weighted by molar-refractivity contribution is 5.92. The van der Waals surface area contributed by atoms with Gasteiger partial charge in [0.25, 0.3) is 5.91 Å². The van der Waals surface area contributed by atoms with Gasteiger partial charge in [0.15, 0.2) is 6.20 Å². The van der Waals surface area contributed by atoms with Crippen molar-refractivity contribution in [2.24, 2.45) is 5.73 Å². The van der Waals surface area contributed by atoms with Gasteiger partial charge in [0.2, 0.25) is 5.69 Å². The SMILES string of the molecule is COc1[nH+]ccnc1C(N)=O. The Morgan fingerprint density at radius 3 is 3.00 bits per heavy atom. The van der Waals surface area contributed by atoms with Crippen molar-refractivity contribution in [3.8, 4) is 5.88 Å². The van der Waals surface area contributed by atoms with E-state index in [0.717, 1.165) is 0 Å². The van der Waals surface area contributed by atoms with E-state index < -0.39 is 5.91 Å². The normalized spacial score (nSPS) is 9.18. The smallest absolute Gasteiger partial charge is 0.398 e. The molecule has 0 spiro atoms. The lowest BCUT2D eigenvalue weighted by Gasteiger charge is -1.94. The second-order valence-electron chi connectivity index (χ2n) is 1.84. The molecule has 1 heterocycles. The number of primary amides is 1. The number of amides is 1. The van der Waals surface area contributed by atoms with Crippen LogP contribution in [0.25, 0.3) is 0 Å². The van der Waals surface area contributed by atoms with Crippen LogP contribution in [0.4, 0.5) is 0 Å². The molecule has 11 heavy (non-hydrogen) atoms. The first-order valence-electron chi connectivity index (χ1n) is 2.96. The van der Waals surface area contributed by atoms with Gasteiger partial charge in [-0.25, -0.2) is 4.98 Å². The van der Waals surface area contributed by atoms with E-state index in [9.17, 15) is 4.79 Å². The average Bonchev–Trinajstić information content (AvgIpc) is 2.04. The van der Waals surface area contributed by atoms with Crippen molar-refractivity contribution in [1.82, 2.24) is 4.98 Å². The molecule has 5 nitrogen and oxygen atoms in total. The van der Waals surface area contributed by atoms with Crippen LogP contribution in [-0.4, -0.2) is 18.0 Å². The molecule has 0 aliphatic heterocycles. The minimum atomic E-state index is -0.612. The number of ether oxygens (including phenoxy) is 1. The molecule has 0 aliphatic carbocycles. The molecule has 0 aliphatic rings. The van der Waals surface area contributed by atoms with Crippen molar-refractivity contribution in [2.45, 2.75) is 0 Å². The minimum Gasteiger partial charge on any atom is -0.446 e. The van der Waals surface area contributed by atoms with Gasteiger partial charge in [0, 0.05) is 0 Å². The predicted molar refractivity (Wildman–Crippen MR) is 35.9 cm³/mol. The molecule has 5 heteroatoms. The summed E-state index contributed by atoms with van der Waals surface area (Å²) in [6.07, 6.45) is 2.98. The summed E-state index contributed by atoms with van der Waals surface area (Å²) in [5.41, 5.74) is 5.10. The van der Waals surface area contributed by atoms with E-state index >= 15 is 0 Å². The number of nitrogens with two attached hydrogens (primary N) is 1. The fourth-order valence-corrected chi connectivity index (χ4v) is 0.683. The zero-order chi connectivity index (χ0) is 8.27. The van der Waals surface area contributed by atoms with E-state index in [2.05, 4.69) is 9.97 Å². The van der Waals surface area contributed by atoms with Crippen molar-refractivity contribution in [3.05, 3.63) is 18.1 Å². The van der Waals surface area contributed by atoms with Crippen molar-refractivity contribution in [2.75, 3.05) is 7.11 Å². The van der Waals surface area contributed by atoms with Crippen LogP contribution in [0.5, 0.6) is 5.88 Å². The Balaban J connectivity index is 3.12. The lowest BCUT2D eigenvalue weighted by atomic mass is 10.4. The molecule has 1 aromatic rings. The first kappa shape index (κ1) is 7.46. The topological polar surface area (TPSA) is 79.3 Å². The molecule has 0 aromatic carbocycles. The van der Waals surface area contributed by atoms with E-state index in [0.29, 0.717) is 0 Å². The Hall–Kier alpha value is -1.65. The Kier molecular flexibility index (Phi) is 2.00. The summed E-state index contributed by atoms with van der Waals surface area (Å²) in [6, 6.07) is 0. The Morgan fingerprint density at radius 1 is 1.82 bits per heavy atom. The fraction of sp³-hybridized carbons (Fsp3) is 0.167. The maximum atomic E-state index is 10.6. The van der Waals surface area contributed by atoms with Crippen LogP contribution in [0.1, 0.15) is 10.5 Å². The third-order valence-corrected chi connectivity index (χ3v) is 1.15. The standard InChI is InChI=1S/C6H7N3O2/c1-11-6-4(5(7)10)8-2-3-9-6/h2-3H,1H3,(H2,7,10)/p+1. The number of rotatable bonds is 2. The van der Waals surface area contributed by atoms with Gasteiger partial charge in [-0.15, -0.1) is 0 Å². The highest BCUT2D eigenvalue weighted by Crippen LogP contribution is 2.03. The number of nitrogens with one attached hydrogen (secondary N) is 1. The third-order valence-electron chi connectivity index (χ3n) is 1.15. The highest BCUT2D eigenvalue weighted by Gasteiger charge is 2.15. The first-order valence-corrected chi connectivity index (χ1v) is 2.96. The molecule has 58 valence electrons. The van der Waals surface area contributed by atoms with Crippen LogP contribution in [0.15, 0.2) is 12.4 Å². The monoisotopic (exact) mass is 154 g/mol. The molecule has 1 aromatic heterocycles. The number of carbonyl (C=O) groups is 1. The molecule has 0 radical (unpaired) electrons. The maximum Gasteiger partial charge on any atom is 0.398 e. The largest absolute Gasteiger partial charge is 0.446 e. The maximum absolute atomic E-state index is 10.6. The second-order valence-corrected chi connectivity index (χ2v) is 1.84. The highest BCUT2D eigenvalue weighted by atomic mass is 16.5. The molecular formula is C6H8N3O2+. The molecule has 0 saturated heterocycles. The summed E-state index contributed by atoms with van der Waals surface area (Å²) in [5, 5.41) is 0. The lowest BCUT2D eigenvalue weighted by Crippen LogP contribution is -2.20. The van der Waals surface area contributed by atoms with Gasteiger partial charge in [-0.1, -0.05) is 0 Å². The van der Waals surface area contributed by atoms with Crippen LogP contribution in [0, 0.1) is 0 Å². The molecule has 1 rings (SSSR count). The molecule has 0 fully saturated rings. The van der Waals surface area contributed by atoms with Crippen molar-refractivity contribution in [1.29, 1.82) is 0 Å². The number of aromatic amines is 1. The number of carbonyl (C=O) groups excluding carboxylic acids is 1. The van der Waals surface area contributed by atoms with Crippen molar-refractivity contribution < 1.29 is 14.5 Å². The van der Waals surface area contributed by atoms with Crippen molar-refractivity contribution in [3.63, 3.8) is 0 Å². The van der Waals surface area contributed by atoms with Gasteiger partial charge in [-0.05, 0) is 0 Å². The first-order chi connectivity index (χ1) is 5.25. The zero-order valence-corrected chi connectivity index (χ0v) is 6.00. The zero-order valence-electron chi connectivity index (χ0n) is 6.00. The number of hydrogen-bond acceptors (Lipinski definition) is 3. The number of hydrogen-bond donors (Lipinski definition) is 1. The Morgan fingerprint density at radius 2 is 2.55 bits per heavy atom. The summed E-state index contributed by atoms with van der Waals surface area (Å²) >= 11 is 0. The van der Waals surface area contributed by atoms with Crippen molar-refractivity contribution >= 4 is 5.91 Å². The Labute approximate surface area is 63.2 Å². The van der Waals surface area contributed by atoms with E-state index in [1.165, 1.54) is 13.3 Å². The predicted octanol–water partition coefficient (Wildman–Crippen LogP) is -0.997.